The van der Waals surface area contributed by atoms with E-state index in [2.05, 4.69) is 36.0 Å². The van der Waals surface area contributed by atoms with E-state index in [4.69, 9.17) is 25.3 Å². The second-order valence-corrected chi connectivity index (χ2v) is 4.45. The number of pyridine rings is 1. The SMILES string of the molecule is CNC([S-])=NN=C(C)C(=NN=C([S-])NC)c1ccncc1.[Cu+2]. The predicted molar refractivity (Wildman–Crippen MR) is 91.6 cm³/mol. The Hall–Kier alpha value is -1.61. The Bertz CT molecular complexity index is 584. The summed E-state index contributed by atoms with van der Waals surface area (Å²) in [6, 6.07) is 3.60. The normalized spacial score (nSPS) is 13.4. The van der Waals surface area contributed by atoms with Crippen LogP contribution in [0.25, 0.3) is 0 Å². The summed E-state index contributed by atoms with van der Waals surface area (Å²) in [4.78, 5) is 3.97. The Morgan fingerprint density at radius 1 is 0.955 bits per heavy atom. The predicted octanol–water partition coefficient (Wildman–Crippen LogP) is 0.404. The Kier molecular flexibility index (Phi) is 10.2. The van der Waals surface area contributed by atoms with Crippen molar-refractivity contribution in [2.45, 2.75) is 6.92 Å². The van der Waals surface area contributed by atoms with E-state index >= 15 is 0 Å². The van der Waals surface area contributed by atoms with Gasteiger partial charge in [-0.3, -0.25) is 4.98 Å². The van der Waals surface area contributed by atoms with Crippen LogP contribution in [-0.4, -0.2) is 40.8 Å². The summed E-state index contributed by atoms with van der Waals surface area (Å²) in [7, 11) is 3.35. The third-order valence-electron chi connectivity index (χ3n) is 2.26. The standard InChI is InChI=1S/C12H17N7S2.Cu/c1-8(16-18-11(20)13-2)10(17-19-12(21)14-3)9-4-6-15-7-5-9;/h4-7H,1-3H3,(H2,13,18,20)(H2,14,19,21);/q;+2/p-2. The van der Waals surface area contributed by atoms with Gasteiger partial charge in [-0.1, -0.05) is 0 Å². The number of nitrogens with zero attached hydrogens (tertiary/aromatic N) is 5. The molecule has 1 radical (unpaired) electrons. The summed E-state index contributed by atoms with van der Waals surface area (Å²) in [5, 5.41) is 21.9. The summed E-state index contributed by atoms with van der Waals surface area (Å²) in [5.74, 6) is 0. The van der Waals surface area contributed by atoms with Gasteiger partial charge in [0.15, 0.2) is 0 Å². The summed E-state index contributed by atoms with van der Waals surface area (Å²) in [6.45, 7) is 1.76. The van der Waals surface area contributed by atoms with Gasteiger partial charge >= 0.3 is 17.1 Å². The molecule has 0 aromatic carbocycles. The molecular weight excluding hydrogens is 370 g/mol. The van der Waals surface area contributed by atoms with Crippen LogP contribution in [0.15, 0.2) is 44.9 Å². The van der Waals surface area contributed by atoms with Gasteiger partial charge in [0.25, 0.3) is 0 Å². The van der Waals surface area contributed by atoms with Gasteiger partial charge < -0.3 is 35.9 Å². The fourth-order valence-corrected chi connectivity index (χ4v) is 1.29. The van der Waals surface area contributed by atoms with Crippen molar-refractivity contribution in [2.75, 3.05) is 14.1 Å². The zero-order valence-corrected chi connectivity index (χ0v) is 14.7. The van der Waals surface area contributed by atoms with E-state index in [1.54, 1.807) is 45.5 Å². The summed E-state index contributed by atoms with van der Waals surface area (Å²) < 4.78 is 0. The van der Waals surface area contributed by atoms with Crippen LogP contribution in [0.2, 0.25) is 0 Å². The van der Waals surface area contributed by atoms with Gasteiger partial charge in [-0.2, -0.15) is 15.3 Å². The molecule has 10 heteroatoms. The number of hydrogen-bond acceptors (Lipinski definition) is 7. The molecule has 0 fully saturated rings. The minimum Gasteiger partial charge on any atom is -0.741 e. The molecule has 0 aliphatic rings. The average Bonchev–Trinajstić information content (AvgIpc) is 2.53. The second-order valence-electron chi connectivity index (χ2n) is 3.68. The van der Waals surface area contributed by atoms with Gasteiger partial charge in [0.05, 0.1) is 5.71 Å². The average molecular weight is 385 g/mol. The number of nitrogens with one attached hydrogen (secondary N) is 2. The van der Waals surface area contributed by atoms with Crippen LogP contribution in [-0.2, 0) is 42.3 Å². The van der Waals surface area contributed by atoms with Crippen LogP contribution in [0.3, 0.4) is 0 Å². The smallest absolute Gasteiger partial charge is 0.741 e. The molecule has 1 rings (SSSR count). The Balaban J connectivity index is 0.00000441. The van der Waals surface area contributed by atoms with Crippen molar-refractivity contribution in [3.63, 3.8) is 0 Å². The minimum atomic E-state index is 0. The molecule has 0 unspecified atom stereocenters. The van der Waals surface area contributed by atoms with Gasteiger partial charge in [0.2, 0.25) is 0 Å². The third-order valence-corrected chi connectivity index (χ3v) is 2.83. The molecule has 7 nitrogen and oxygen atoms in total. The molecule has 0 aliphatic carbocycles. The third kappa shape index (κ3) is 6.90. The molecule has 2 N–H and O–H groups in total. The van der Waals surface area contributed by atoms with E-state index in [0.717, 1.165) is 5.56 Å². The zero-order chi connectivity index (χ0) is 15.7. The number of rotatable bonds is 4. The molecule has 22 heavy (non-hydrogen) atoms. The fourth-order valence-electron chi connectivity index (χ4n) is 1.21. The maximum Gasteiger partial charge on any atom is 2.00 e. The van der Waals surface area contributed by atoms with Crippen LogP contribution >= 0.6 is 0 Å². The van der Waals surface area contributed by atoms with Crippen LogP contribution in [0.4, 0.5) is 0 Å². The molecule has 0 amide bonds. The molecule has 0 atom stereocenters. The van der Waals surface area contributed by atoms with E-state index in [1.807, 2.05) is 0 Å². The molecule has 1 heterocycles. The Morgan fingerprint density at radius 2 is 1.45 bits per heavy atom. The first-order chi connectivity index (χ1) is 10.1. The van der Waals surface area contributed by atoms with E-state index in [9.17, 15) is 0 Å². The molecule has 0 aliphatic heterocycles. The van der Waals surface area contributed by atoms with E-state index in [1.165, 1.54) is 0 Å². The van der Waals surface area contributed by atoms with Gasteiger partial charge in [0, 0.05) is 32.1 Å². The molecule has 1 aromatic rings. The number of amidine groups is 2. The number of hydrogen-bond donors (Lipinski definition) is 2. The van der Waals surface area contributed by atoms with Gasteiger partial charge in [0.1, 0.15) is 5.71 Å². The van der Waals surface area contributed by atoms with E-state index < -0.39 is 0 Å². The largest absolute Gasteiger partial charge is 2.00 e. The summed E-state index contributed by atoms with van der Waals surface area (Å²) in [5.41, 5.74) is 1.90. The summed E-state index contributed by atoms with van der Waals surface area (Å²) in [6.07, 6.45) is 3.31. The summed E-state index contributed by atoms with van der Waals surface area (Å²) >= 11 is 9.86. The molecule has 0 saturated carbocycles. The van der Waals surface area contributed by atoms with Crippen molar-refractivity contribution in [1.29, 1.82) is 0 Å². The van der Waals surface area contributed by atoms with Gasteiger partial charge in [-0.25, -0.2) is 0 Å². The molecule has 121 valence electrons. The van der Waals surface area contributed by atoms with Crippen LogP contribution in [0.5, 0.6) is 0 Å². The number of aromatic nitrogens is 1. The van der Waals surface area contributed by atoms with Gasteiger partial charge in [-0.15, -0.1) is 5.10 Å². The molecule has 0 spiro atoms. The Morgan fingerprint density at radius 3 is 1.95 bits per heavy atom. The minimum absolute atomic E-state index is 0. The molecular formula is C12H15CuN7S2. The van der Waals surface area contributed by atoms with Crippen LogP contribution in [0.1, 0.15) is 12.5 Å². The van der Waals surface area contributed by atoms with Crippen LogP contribution in [0, 0.1) is 0 Å². The van der Waals surface area contributed by atoms with E-state index in [0.29, 0.717) is 11.4 Å². The molecule has 0 saturated heterocycles. The van der Waals surface area contributed by atoms with Crippen molar-refractivity contribution < 1.29 is 17.1 Å². The fraction of sp³-hybridized carbons (Fsp3) is 0.250. The van der Waals surface area contributed by atoms with Gasteiger partial charge in [-0.05, 0) is 29.4 Å². The topological polar surface area (TPSA) is 86.4 Å². The molecule has 1 aromatic heterocycles. The second kappa shape index (κ2) is 11.0. The first-order valence-corrected chi connectivity index (χ1v) is 6.78. The van der Waals surface area contributed by atoms with E-state index in [-0.39, 0.29) is 27.4 Å². The van der Waals surface area contributed by atoms with Crippen molar-refractivity contribution in [1.82, 2.24) is 15.6 Å². The maximum absolute atomic E-state index is 4.94. The first kappa shape index (κ1) is 20.4. The van der Waals surface area contributed by atoms with Crippen molar-refractivity contribution in [3.05, 3.63) is 30.1 Å². The Labute approximate surface area is 151 Å². The van der Waals surface area contributed by atoms with Crippen LogP contribution < -0.4 is 10.6 Å². The first-order valence-electron chi connectivity index (χ1n) is 5.96. The van der Waals surface area contributed by atoms with Crippen molar-refractivity contribution in [3.8, 4) is 0 Å². The van der Waals surface area contributed by atoms with Crippen molar-refractivity contribution >= 4 is 47.0 Å². The quantitative estimate of drug-likeness (QED) is 0.258. The zero-order valence-electron chi connectivity index (χ0n) is 12.2. The van der Waals surface area contributed by atoms with Crippen molar-refractivity contribution in [2.24, 2.45) is 20.4 Å². The monoisotopic (exact) mass is 384 g/mol. The molecule has 0 bridgehead atoms. The maximum atomic E-state index is 4.94.